The minimum absolute atomic E-state index is 0.105. The summed E-state index contributed by atoms with van der Waals surface area (Å²) < 4.78 is 1.82. The molecule has 1 N–H and O–H groups in total. The zero-order valence-electron chi connectivity index (χ0n) is 19.2. The van der Waals surface area contributed by atoms with E-state index in [-0.39, 0.29) is 12.5 Å². The minimum atomic E-state index is -1.01. The Balaban J connectivity index is 1.30. The second kappa shape index (κ2) is 9.23. The van der Waals surface area contributed by atoms with Crippen molar-refractivity contribution in [2.75, 3.05) is 31.6 Å². The maximum Gasteiger partial charge on any atom is 0.253 e. The molecule has 1 atom stereocenters. The van der Waals surface area contributed by atoms with Gasteiger partial charge in [0.05, 0.1) is 24.2 Å². The standard InChI is InChI=1S/C26H28N6O2/c1-30(25(33)21-6-2-5-20(15-21)17-32-14-4-10-29-32)18-26(34)9-3-13-31(19-26)24-8-12-28-23-7-11-27-16-22(23)24/h2,4-8,10-12,14-16,34H,3,9,13,17-19H2,1H3. The van der Waals surface area contributed by atoms with Crippen molar-refractivity contribution in [3.8, 4) is 0 Å². The molecule has 1 saturated heterocycles. The molecule has 1 aliphatic rings. The number of anilines is 1. The van der Waals surface area contributed by atoms with Crippen LogP contribution in [-0.4, -0.2) is 67.9 Å². The summed E-state index contributed by atoms with van der Waals surface area (Å²) >= 11 is 0. The van der Waals surface area contributed by atoms with Crippen molar-refractivity contribution in [3.63, 3.8) is 0 Å². The summed E-state index contributed by atoms with van der Waals surface area (Å²) in [5.41, 5.74) is 2.49. The molecule has 1 fully saturated rings. The molecule has 8 nitrogen and oxygen atoms in total. The summed E-state index contributed by atoms with van der Waals surface area (Å²) in [6.07, 6.45) is 10.4. The van der Waals surface area contributed by atoms with Gasteiger partial charge in [0.1, 0.15) is 0 Å². The van der Waals surface area contributed by atoms with Gasteiger partial charge < -0.3 is 14.9 Å². The first-order chi connectivity index (χ1) is 16.5. The quantitative estimate of drug-likeness (QED) is 0.480. The number of β-amino-alcohol motifs (C(OH)–C–C–N with tert-alkyl or cyclic N) is 1. The SMILES string of the molecule is CN(CC1(O)CCCN(c2ccnc3ccncc23)C1)C(=O)c1cccc(Cn2cccn2)c1. The van der Waals surface area contributed by atoms with Crippen LogP contribution in [0, 0.1) is 0 Å². The lowest BCUT2D eigenvalue weighted by Gasteiger charge is -2.42. The number of piperidine rings is 1. The number of fused-ring (bicyclic) bond motifs is 1. The molecule has 3 aromatic heterocycles. The van der Waals surface area contributed by atoms with Crippen LogP contribution in [0.15, 0.2) is 73.4 Å². The van der Waals surface area contributed by atoms with Gasteiger partial charge in [-0.1, -0.05) is 12.1 Å². The van der Waals surface area contributed by atoms with Crippen LogP contribution in [0.3, 0.4) is 0 Å². The zero-order valence-corrected chi connectivity index (χ0v) is 19.2. The first-order valence-electron chi connectivity index (χ1n) is 11.5. The van der Waals surface area contributed by atoms with Crippen LogP contribution in [0.5, 0.6) is 0 Å². The number of aromatic nitrogens is 4. The predicted molar refractivity (Wildman–Crippen MR) is 131 cm³/mol. The average Bonchev–Trinajstić information content (AvgIpc) is 3.36. The lowest BCUT2D eigenvalue weighted by atomic mass is 9.91. The first kappa shape index (κ1) is 22.0. The van der Waals surface area contributed by atoms with Gasteiger partial charge in [0.15, 0.2) is 0 Å². The van der Waals surface area contributed by atoms with Crippen LogP contribution in [0.2, 0.25) is 0 Å². The molecule has 1 unspecified atom stereocenters. The van der Waals surface area contributed by atoms with Gasteiger partial charge in [-0.2, -0.15) is 5.10 Å². The van der Waals surface area contributed by atoms with Gasteiger partial charge in [0, 0.05) is 67.8 Å². The summed E-state index contributed by atoms with van der Waals surface area (Å²) in [5.74, 6) is -0.105. The average molecular weight is 457 g/mol. The topological polar surface area (TPSA) is 87.4 Å². The van der Waals surface area contributed by atoms with Crippen LogP contribution in [0.25, 0.3) is 10.9 Å². The smallest absolute Gasteiger partial charge is 0.253 e. The maximum absolute atomic E-state index is 13.2. The lowest BCUT2D eigenvalue weighted by Crippen LogP contribution is -2.54. The molecule has 4 heterocycles. The summed E-state index contributed by atoms with van der Waals surface area (Å²) in [6, 6.07) is 13.3. The molecule has 0 bridgehead atoms. The molecule has 34 heavy (non-hydrogen) atoms. The molecule has 0 aliphatic carbocycles. The van der Waals surface area contributed by atoms with E-state index >= 15 is 0 Å². The largest absolute Gasteiger partial charge is 0.386 e. The van der Waals surface area contributed by atoms with E-state index in [1.165, 1.54) is 0 Å². The van der Waals surface area contributed by atoms with E-state index in [1.807, 2.05) is 59.5 Å². The van der Waals surface area contributed by atoms with Crippen molar-refractivity contribution in [3.05, 3.63) is 84.6 Å². The second-order valence-electron chi connectivity index (χ2n) is 9.04. The maximum atomic E-state index is 13.2. The molecule has 0 radical (unpaired) electrons. The van der Waals surface area contributed by atoms with Gasteiger partial charge in [-0.15, -0.1) is 0 Å². The number of amides is 1. The molecule has 8 heteroatoms. The van der Waals surface area contributed by atoms with Crippen LogP contribution in [0.4, 0.5) is 5.69 Å². The fourth-order valence-corrected chi connectivity index (χ4v) is 4.82. The molecule has 1 aromatic carbocycles. The fourth-order valence-electron chi connectivity index (χ4n) is 4.82. The number of carbonyl (C=O) groups excluding carboxylic acids is 1. The third kappa shape index (κ3) is 4.63. The van der Waals surface area contributed by atoms with Crippen LogP contribution < -0.4 is 4.90 Å². The van der Waals surface area contributed by atoms with Crippen LogP contribution in [-0.2, 0) is 6.54 Å². The van der Waals surface area contributed by atoms with E-state index in [4.69, 9.17) is 0 Å². The van der Waals surface area contributed by atoms with Crippen molar-refractivity contribution >= 4 is 22.5 Å². The number of aliphatic hydroxyl groups is 1. The Morgan fingerprint density at radius 2 is 2.09 bits per heavy atom. The Kier molecular flexibility index (Phi) is 5.98. The van der Waals surface area contributed by atoms with E-state index in [0.29, 0.717) is 25.1 Å². The minimum Gasteiger partial charge on any atom is -0.386 e. The number of pyridine rings is 2. The van der Waals surface area contributed by atoms with Crippen molar-refractivity contribution < 1.29 is 9.90 Å². The third-order valence-corrected chi connectivity index (χ3v) is 6.37. The number of hydrogen-bond donors (Lipinski definition) is 1. The van der Waals surface area contributed by atoms with Crippen molar-refractivity contribution in [2.45, 2.75) is 25.0 Å². The van der Waals surface area contributed by atoms with Crippen molar-refractivity contribution in [2.24, 2.45) is 0 Å². The van der Waals surface area contributed by atoms with E-state index in [9.17, 15) is 9.90 Å². The number of benzene rings is 1. The normalized spacial score (nSPS) is 18.2. The van der Waals surface area contributed by atoms with E-state index in [0.717, 1.165) is 35.1 Å². The molecule has 0 spiro atoms. The number of likely N-dealkylation sites (N-methyl/N-ethyl adjacent to an activating group) is 1. The second-order valence-corrected chi connectivity index (χ2v) is 9.04. The lowest BCUT2D eigenvalue weighted by molar-refractivity contribution is 0.0000663. The van der Waals surface area contributed by atoms with Crippen molar-refractivity contribution in [1.82, 2.24) is 24.6 Å². The highest BCUT2D eigenvalue weighted by Gasteiger charge is 2.36. The molecule has 174 valence electrons. The van der Waals surface area contributed by atoms with E-state index in [2.05, 4.69) is 20.0 Å². The molecular weight excluding hydrogens is 428 g/mol. The molecule has 1 aliphatic heterocycles. The number of nitrogens with zero attached hydrogens (tertiary/aromatic N) is 6. The van der Waals surface area contributed by atoms with E-state index < -0.39 is 5.60 Å². The highest BCUT2D eigenvalue weighted by molar-refractivity contribution is 5.94. The number of hydrogen-bond acceptors (Lipinski definition) is 6. The Morgan fingerprint density at radius 3 is 2.94 bits per heavy atom. The Bertz CT molecular complexity index is 1290. The van der Waals surface area contributed by atoms with Gasteiger partial charge in [-0.05, 0) is 48.7 Å². The predicted octanol–water partition coefficient (Wildman–Crippen LogP) is 2.98. The molecular formula is C26H28N6O2. The number of carbonyl (C=O) groups is 1. The van der Waals surface area contributed by atoms with Gasteiger partial charge in [0.25, 0.3) is 5.91 Å². The van der Waals surface area contributed by atoms with E-state index in [1.54, 1.807) is 30.5 Å². The highest BCUT2D eigenvalue weighted by Crippen LogP contribution is 2.31. The molecule has 0 saturated carbocycles. The third-order valence-electron chi connectivity index (χ3n) is 6.37. The summed E-state index contributed by atoms with van der Waals surface area (Å²) in [7, 11) is 1.76. The van der Waals surface area contributed by atoms with Crippen LogP contribution >= 0.6 is 0 Å². The summed E-state index contributed by atoms with van der Waals surface area (Å²) in [6.45, 7) is 2.14. The van der Waals surface area contributed by atoms with Gasteiger partial charge in [0.2, 0.25) is 0 Å². The summed E-state index contributed by atoms with van der Waals surface area (Å²) in [5, 5.41) is 16.7. The molecule has 1 amide bonds. The first-order valence-corrected chi connectivity index (χ1v) is 11.5. The Labute approximate surface area is 198 Å². The Morgan fingerprint density at radius 1 is 1.18 bits per heavy atom. The van der Waals surface area contributed by atoms with Gasteiger partial charge in [-0.3, -0.25) is 19.4 Å². The molecule has 4 aromatic rings. The number of rotatable bonds is 6. The highest BCUT2D eigenvalue weighted by atomic mass is 16.3. The zero-order chi connectivity index (χ0) is 23.5. The summed E-state index contributed by atoms with van der Waals surface area (Å²) in [4.78, 5) is 25.7. The van der Waals surface area contributed by atoms with Gasteiger partial charge in [-0.25, -0.2) is 0 Å². The monoisotopic (exact) mass is 456 g/mol. The fraction of sp³-hybridized carbons (Fsp3) is 0.308. The van der Waals surface area contributed by atoms with Crippen molar-refractivity contribution in [1.29, 1.82) is 0 Å². The van der Waals surface area contributed by atoms with Gasteiger partial charge >= 0.3 is 0 Å². The molecule has 5 rings (SSSR count). The Hall–Kier alpha value is -3.78. The van der Waals surface area contributed by atoms with Crippen LogP contribution in [0.1, 0.15) is 28.8 Å².